The maximum Gasteiger partial charge on any atom is 0.177 e. The summed E-state index contributed by atoms with van der Waals surface area (Å²) in [5.41, 5.74) is 6.62. The zero-order valence-electron chi connectivity index (χ0n) is 14.0. The molecule has 128 valence electrons. The molecule has 0 aliphatic carbocycles. The van der Waals surface area contributed by atoms with Gasteiger partial charge in [0.05, 0.1) is 6.61 Å². The molecule has 0 radical (unpaired) electrons. The highest BCUT2D eigenvalue weighted by Crippen LogP contribution is 2.14. The molecule has 2 rings (SSSR count). The second-order valence-electron chi connectivity index (χ2n) is 6.36. The molecule has 0 amide bonds. The molecule has 2 aromatic rings. The fraction of sp³-hybridized carbons (Fsp3) is 0.400. The van der Waals surface area contributed by atoms with Crippen molar-refractivity contribution >= 4 is 11.6 Å². The van der Waals surface area contributed by atoms with Gasteiger partial charge in [-0.15, -0.1) is 0 Å². The minimum Gasteiger partial charge on any atom is -0.453 e. The van der Waals surface area contributed by atoms with Crippen LogP contribution in [0.15, 0.2) is 40.8 Å². The number of halogens is 1. The number of unbranched alkanes of at least 4 members (excludes halogenated alkanes) is 1. The van der Waals surface area contributed by atoms with Crippen LogP contribution in [0.1, 0.15) is 43.3 Å². The van der Waals surface area contributed by atoms with Gasteiger partial charge < -0.3 is 15.3 Å². The van der Waals surface area contributed by atoms with Crippen molar-refractivity contribution in [3.63, 3.8) is 0 Å². The van der Waals surface area contributed by atoms with Crippen LogP contribution in [0.5, 0.6) is 0 Å². The minimum atomic E-state index is -0.569. The summed E-state index contributed by atoms with van der Waals surface area (Å²) in [5, 5.41) is 9.92. The Morgan fingerprint density at radius 2 is 1.92 bits per heavy atom. The molecule has 0 fully saturated rings. The van der Waals surface area contributed by atoms with Crippen LogP contribution in [-0.4, -0.2) is 17.3 Å². The minimum absolute atomic E-state index is 0.0337. The van der Waals surface area contributed by atoms with Gasteiger partial charge in [-0.1, -0.05) is 29.7 Å². The molecule has 1 heterocycles. The average Bonchev–Trinajstić information content (AvgIpc) is 3.02. The first-order valence-corrected chi connectivity index (χ1v) is 8.58. The molecule has 24 heavy (non-hydrogen) atoms. The number of hydrogen-bond donors (Lipinski definition) is 2. The lowest BCUT2D eigenvalue weighted by molar-refractivity contribution is 0.199. The number of aliphatic hydroxyl groups is 1. The van der Waals surface area contributed by atoms with Gasteiger partial charge in [-0.05, 0) is 61.9 Å². The number of aryl methyl sites for hydroxylation is 2. The Balaban J connectivity index is 1.74. The predicted octanol–water partition coefficient (Wildman–Crippen LogP) is 3.95. The molecule has 4 heteroatoms. The van der Waals surface area contributed by atoms with Crippen molar-refractivity contribution in [2.75, 3.05) is 6.61 Å². The van der Waals surface area contributed by atoms with Crippen LogP contribution < -0.4 is 5.73 Å². The Labute approximate surface area is 148 Å². The molecular weight excluding hydrogens is 322 g/mol. The topological polar surface area (TPSA) is 59.4 Å². The number of rotatable bonds is 7. The van der Waals surface area contributed by atoms with Crippen LogP contribution in [0.2, 0.25) is 5.02 Å². The highest BCUT2D eigenvalue weighted by molar-refractivity contribution is 6.30. The van der Waals surface area contributed by atoms with E-state index in [0.29, 0.717) is 18.6 Å². The zero-order valence-corrected chi connectivity index (χ0v) is 14.8. The van der Waals surface area contributed by atoms with Crippen LogP contribution in [0.3, 0.4) is 0 Å². The van der Waals surface area contributed by atoms with Crippen LogP contribution in [0.4, 0.5) is 0 Å². The van der Waals surface area contributed by atoms with Gasteiger partial charge in [-0.25, -0.2) is 0 Å². The Morgan fingerprint density at radius 3 is 2.62 bits per heavy atom. The molecule has 0 spiro atoms. The van der Waals surface area contributed by atoms with Crippen molar-refractivity contribution in [3.8, 4) is 11.8 Å². The van der Waals surface area contributed by atoms with E-state index in [9.17, 15) is 0 Å². The van der Waals surface area contributed by atoms with Crippen molar-refractivity contribution in [1.29, 1.82) is 0 Å². The summed E-state index contributed by atoms with van der Waals surface area (Å²) in [6.45, 7) is 1.80. The second-order valence-corrected chi connectivity index (χ2v) is 6.80. The van der Waals surface area contributed by atoms with Crippen LogP contribution in [-0.2, 0) is 12.8 Å². The van der Waals surface area contributed by atoms with Gasteiger partial charge in [0.15, 0.2) is 5.76 Å². The van der Waals surface area contributed by atoms with E-state index in [2.05, 4.69) is 11.8 Å². The quantitative estimate of drug-likeness (QED) is 0.590. The molecule has 0 aliphatic rings. The predicted molar refractivity (Wildman–Crippen MR) is 98.0 cm³/mol. The number of aliphatic hydroxyl groups excluding tert-OH is 1. The Morgan fingerprint density at radius 1 is 1.17 bits per heavy atom. The molecule has 0 aliphatic heterocycles. The monoisotopic (exact) mass is 345 g/mol. The number of benzene rings is 1. The lowest BCUT2D eigenvalue weighted by Gasteiger charge is -2.20. The standard InChI is InChI=1S/C20H24ClNO2/c1-20(22,15-23)14-13-19-12-11-18(24-19)6-4-2-3-5-16-7-9-17(21)10-8-16/h7-12,23H,2-3,5,13-15,22H2,1H3/t20-/m1/s1. The van der Waals surface area contributed by atoms with Crippen molar-refractivity contribution in [2.45, 2.75) is 44.6 Å². The third kappa shape index (κ3) is 6.41. The molecule has 3 N–H and O–H groups in total. The zero-order chi connectivity index (χ0) is 17.4. The molecule has 1 aromatic heterocycles. The van der Waals surface area contributed by atoms with Crippen molar-refractivity contribution in [2.24, 2.45) is 5.73 Å². The third-order valence-electron chi connectivity index (χ3n) is 3.86. The first-order chi connectivity index (χ1) is 11.5. The number of hydrogen-bond acceptors (Lipinski definition) is 3. The number of nitrogens with two attached hydrogens (primary N) is 1. The molecule has 1 aromatic carbocycles. The molecule has 0 bridgehead atoms. The first kappa shape index (κ1) is 18.6. The summed E-state index contributed by atoms with van der Waals surface area (Å²) in [7, 11) is 0. The van der Waals surface area contributed by atoms with E-state index in [4.69, 9.17) is 26.9 Å². The molecule has 3 nitrogen and oxygen atoms in total. The normalized spacial score (nSPS) is 13.2. The highest BCUT2D eigenvalue weighted by atomic mass is 35.5. The summed E-state index contributed by atoms with van der Waals surface area (Å²) in [6.07, 6.45) is 4.19. The van der Waals surface area contributed by atoms with Gasteiger partial charge in [0.1, 0.15) is 5.76 Å². The van der Waals surface area contributed by atoms with Crippen molar-refractivity contribution in [1.82, 2.24) is 0 Å². The average molecular weight is 346 g/mol. The smallest absolute Gasteiger partial charge is 0.177 e. The maximum absolute atomic E-state index is 9.16. The third-order valence-corrected chi connectivity index (χ3v) is 4.11. The van der Waals surface area contributed by atoms with E-state index >= 15 is 0 Å². The lowest BCUT2D eigenvalue weighted by Crippen LogP contribution is -2.40. The van der Waals surface area contributed by atoms with Gasteiger partial charge in [0, 0.05) is 23.4 Å². The summed E-state index contributed by atoms with van der Waals surface area (Å²) in [4.78, 5) is 0. The molecule has 0 saturated carbocycles. The Kier molecular flexibility index (Phi) is 6.93. The van der Waals surface area contributed by atoms with Crippen LogP contribution >= 0.6 is 11.6 Å². The molecular formula is C20H24ClNO2. The molecule has 1 atom stereocenters. The van der Waals surface area contributed by atoms with Gasteiger partial charge in [0.25, 0.3) is 0 Å². The fourth-order valence-corrected chi connectivity index (χ4v) is 2.37. The Bertz CT molecular complexity index is 692. The van der Waals surface area contributed by atoms with Crippen LogP contribution in [0, 0.1) is 11.8 Å². The van der Waals surface area contributed by atoms with Gasteiger partial charge in [-0.2, -0.15) is 0 Å². The summed E-state index contributed by atoms with van der Waals surface area (Å²) in [5.74, 6) is 7.73. The highest BCUT2D eigenvalue weighted by Gasteiger charge is 2.17. The maximum atomic E-state index is 9.16. The van der Waals surface area contributed by atoms with Gasteiger partial charge in [0.2, 0.25) is 0 Å². The fourth-order valence-electron chi connectivity index (χ4n) is 2.25. The Hall–Kier alpha value is -1.73. The van der Waals surface area contributed by atoms with E-state index in [-0.39, 0.29) is 6.61 Å². The summed E-state index contributed by atoms with van der Waals surface area (Å²) in [6, 6.07) is 11.7. The molecule has 0 unspecified atom stereocenters. The van der Waals surface area contributed by atoms with Gasteiger partial charge >= 0.3 is 0 Å². The van der Waals surface area contributed by atoms with Crippen LogP contribution in [0.25, 0.3) is 0 Å². The summed E-state index contributed by atoms with van der Waals surface area (Å²) >= 11 is 5.87. The van der Waals surface area contributed by atoms with Crippen molar-refractivity contribution in [3.05, 3.63) is 58.5 Å². The SMILES string of the molecule is C[C@](N)(CO)CCc1ccc(C#CCCCc2ccc(Cl)cc2)o1. The van der Waals surface area contributed by atoms with Gasteiger partial charge in [-0.3, -0.25) is 0 Å². The van der Waals surface area contributed by atoms with E-state index in [1.807, 2.05) is 43.3 Å². The largest absolute Gasteiger partial charge is 0.453 e. The summed E-state index contributed by atoms with van der Waals surface area (Å²) < 4.78 is 5.68. The van der Waals surface area contributed by atoms with E-state index in [1.54, 1.807) is 0 Å². The first-order valence-electron chi connectivity index (χ1n) is 8.20. The lowest BCUT2D eigenvalue weighted by atomic mass is 9.98. The van der Waals surface area contributed by atoms with E-state index in [0.717, 1.165) is 30.0 Å². The van der Waals surface area contributed by atoms with Crippen molar-refractivity contribution < 1.29 is 9.52 Å². The number of furan rings is 1. The van der Waals surface area contributed by atoms with E-state index in [1.165, 1.54) is 5.56 Å². The second kappa shape index (κ2) is 8.94. The molecule has 0 saturated heterocycles. The van der Waals surface area contributed by atoms with E-state index < -0.39 is 5.54 Å².